The predicted molar refractivity (Wildman–Crippen MR) is 86.7 cm³/mol. The van der Waals surface area contributed by atoms with Crippen molar-refractivity contribution in [1.29, 1.82) is 0 Å². The van der Waals surface area contributed by atoms with Gasteiger partial charge in [-0.2, -0.15) is 0 Å². The molecule has 3 fully saturated rings. The number of carbonyl (C=O) groups excluding carboxylic acids is 2. The molecule has 3 saturated carbocycles. The van der Waals surface area contributed by atoms with Gasteiger partial charge in [0.05, 0.1) is 5.38 Å². The zero-order chi connectivity index (χ0) is 15.7. The maximum atomic E-state index is 12.4. The van der Waals surface area contributed by atoms with E-state index in [2.05, 4.69) is 13.8 Å². The third-order valence-electron chi connectivity index (χ3n) is 7.65. The van der Waals surface area contributed by atoms with Gasteiger partial charge in [-0.1, -0.05) is 13.8 Å². The molecular formula is C19H25ClO2. The van der Waals surface area contributed by atoms with Gasteiger partial charge < -0.3 is 0 Å². The Balaban J connectivity index is 1.74. The quantitative estimate of drug-likeness (QED) is 0.623. The molecule has 0 heterocycles. The largest absolute Gasteiger partial charge is 0.299 e. The number of allylic oxidation sites excluding steroid dienone is 1. The van der Waals surface area contributed by atoms with Crippen molar-refractivity contribution >= 4 is 23.2 Å². The lowest BCUT2D eigenvalue weighted by Gasteiger charge is -2.58. The van der Waals surface area contributed by atoms with E-state index in [1.165, 1.54) is 5.57 Å². The Morgan fingerprint density at radius 3 is 2.55 bits per heavy atom. The highest BCUT2D eigenvalue weighted by Crippen LogP contribution is 2.64. The van der Waals surface area contributed by atoms with Gasteiger partial charge in [-0.25, -0.2) is 0 Å². The minimum absolute atomic E-state index is 0.0199. The topological polar surface area (TPSA) is 34.1 Å². The maximum Gasteiger partial charge on any atom is 0.155 e. The van der Waals surface area contributed by atoms with E-state index in [1.54, 1.807) is 0 Å². The van der Waals surface area contributed by atoms with Gasteiger partial charge in [-0.15, -0.1) is 11.6 Å². The summed E-state index contributed by atoms with van der Waals surface area (Å²) < 4.78 is 0. The van der Waals surface area contributed by atoms with E-state index in [4.69, 9.17) is 11.6 Å². The highest BCUT2D eigenvalue weighted by molar-refractivity contribution is 6.23. The molecule has 22 heavy (non-hydrogen) atoms. The summed E-state index contributed by atoms with van der Waals surface area (Å²) in [7, 11) is 0. The lowest BCUT2D eigenvalue weighted by atomic mass is 9.47. The molecule has 0 aromatic rings. The monoisotopic (exact) mass is 320 g/mol. The normalized spacial score (nSPS) is 51.0. The average molecular weight is 321 g/mol. The Morgan fingerprint density at radius 2 is 1.77 bits per heavy atom. The summed E-state index contributed by atoms with van der Waals surface area (Å²) in [6.07, 6.45) is 8.37. The van der Waals surface area contributed by atoms with E-state index >= 15 is 0 Å². The number of hydrogen-bond acceptors (Lipinski definition) is 2. The number of ketones is 2. The summed E-state index contributed by atoms with van der Waals surface area (Å²) in [6, 6.07) is 0. The lowest BCUT2D eigenvalue weighted by Crippen LogP contribution is -2.53. The van der Waals surface area contributed by atoms with Crippen LogP contribution in [0, 0.1) is 28.6 Å². The first-order chi connectivity index (χ1) is 10.4. The number of fused-ring (bicyclic) bond motifs is 5. The lowest BCUT2D eigenvalue weighted by molar-refractivity contribution is -0.132. The molecule has 2 nitrogen and oxygen atoms in total. The van der Waals surface area contributed by atoms with Gasteiger partial charge in [0, 0.05) is 18.3 Å². The third-order valence-corrected chi connectivity index (χ3v) is 8.06. The fourth-order valence-corrected chi connectivity index (χ4v) is 6.85. The fourth-order valence-electron chi connectivity index (χ4n) is 6.33. The second kappa shape index (κ2) is 4.69. The summed E-state index contributed by atoms with van der Waals surface area (Å²) >= 11 is 6.73. The molecule has 120 valence electrons. The van der Waals surface area contributed by atoms with E-state index in [-0.39, 0.29) is 22.0 Å². The number of Topliss-reactive ketones (excluding diaryl/α,β-unsaturated/α-hetero) is 1. The zero-order valence-electron chi connectivity index (χ0n) is 13.5. The van der Waals surface area contributed by atoms with Crippen LogP contribution in [-0.2, 0) is 9.59 Å². The van der Waals surface area contributed by atoms with Gasteiger partial charge in [0.1, 0.15) is 5.78 Å². The van der Waals surface area contributed by atoms with Crippen molar-refractivity contribution in [3.63, 3.8) is 0 Å². The molecule has 0 bridgehead atoms. The van der Waals surface area contributed by atoms with Crippen LogP contribution in [0.4, 0.5) is 0 Å². The van der Waals surface area contributed by atoms with Crippen LogP contribution in [0.3, 0.4) is 0 Å². The van der Waals surface area contributed by atoms with Crippen LogP contribution in [0.25, 0.3) is 0 Å². The minimum atomic E-state index is -0.0974. The fraction of sp³-hybridized carbons (Fsp3) is 0.789. The molecule has 0 aromatic carbocycles. The van der Waals surface area contributed by atoms with Gasteiger partial charge in [-0.05, 0) is 66.9 Å². The van der Waals surface area contributed by atoms with Gasteiger partial charge in [0.25, 0.3) is 0 Å². The summed E-state index contributed by atoms with van der Waals surface area (Å²) in [4.78, 5) is 24.3. The molecule has 6 atom stereocenters. The van der Waals surface area contributed by atoms with Gasteiger partial charge >= 0.3 is 0 Å². The second-order valence-electron chi connectivity index (χ2n) is 8.48. The number of alkyl halides is 1. The first kappa shape index (κ1) is 14.9. The van der Waals surface area contributed by atoms with Crippen molar-refractivity contribution < 1.29 is 9.59 Å². The molecule has 4 rings (SSSR count). The van der Waals surface area contributed by atoms with Crippen LogP contribution in [0.1, 0.15) is 58.8 Å². The van der Waals surface area contributed by atoms with E-state index in [1.807, 2.05) is 6.08 Å². The van der Waals surface area contributed by atoms with Crippen molar-refractivity contribution in [2.24, 2.45) is 28.6 Å². The number of halogens is 1. The third kappa shape index (κ3) is 1.79. The molecule has 0 spiro atoms. The van der Waals surface area contributed by atoms with Crippen LogP contribution >= 0.6 is 11.6 Å². The molecule has 0 amide bonds. The summed E-state index contributed by atoms with van der Waals surface area (Å²) in [5.41, 5.74) is 1.18. The van der Waals surface area contributed by atoms with Gasteiger partial charge in [-0.3, -0.25) is 9.59 Å². The van der Waals surface area contributed by atoms with E-state index < -0.39 is 0 Å². The average Bonchev–Trinajstić information content (AvgIpc) is 2.77. The van der Waals surface area contributed by atoms with Crippen molar-refractivity contribution in [3.05, 3.63) is 11.6 Å². The molecule has 3 heteroatoms. The number of rotatable bonds is 0. The van der Waals surface area contributed by atoms with E-state index in [0.29, 0.717) is 30.0 Å². The van der Waals surface area contributed by atoms with Crippen LogP contribution in [-0.4, -0.2) is 16.9 Å². The molecule has 0 aromatic heterocycles. The molecule has 0 radical (unpaired) electrons. The molecular weight excluding hydrogens is 296 g/mol. The Kier molecular flexibility index (Phi) is 3.18. The Labute approximate surface area is 137 Å². The Bertz CT molecular complexity index is 580. The number of carbonyl (C=O) groups is 2. The van der Waals surface area contributed by atoms with Crippen LogP contribution in [0.2, 0.25) is 0 Å². The van der Waals surface area contributed by atoms with Crippen molar-refractivity contribution in [2.45, 2.75) is 64.2 Å². The molecule has 0 saturated heterocycles. The van der Waals surface area contributed by atoms with Crippen LogP contribution in [0.15, 0.2) is 11.6 Å². The standard InChI is InChI=1S/C19H25ClO2/c1-18-7-5-11(21)9-15(18)16(20)10-12-13-3-4-17(22)19(13,2)8-6-14(12)18/h9,12-14,16H,3-8,10H2,1-2H3/t12-,13-,14-,16-,18+,19-/m0/s1. The molecule has 0 unspecified atom stereocenters. The Hall–Kier alpha value is -0.630. The molecule has 0 aliphatic heterocycles. The van der Waals surface area contributed by atoms with Crippen molar-refractivity contribution in [2.75, 3.05) is 0 Å². The second-order valence-corrected chi connectivity index (χ2v) is 9.01. The summed E-state index contributed by atoms with van der Waals surface area (Å²) in [5, 5.41) is -0.0199. The van der Waals surface area contributed by atoms with Gasteiger partial charge in [0.2, 0.25) is 0 Å². The van der Waals surface area contributed by atoms with Gasteiger partial charge in [0.15, 0.2) is 5.78 Å². The molecule has 0 N–H and O–H groups in total. The highest BCUT2D eigenvalue weighted by Gasteiger charge is 2.60. The number of hydrogen-bond donors (Lipinski definition) is 0. The zero-order valence-corrected chi connectivity index (χ0v) is 14.3. The molecule has 4 aliphatic carbocycles. The first-order valence-corrected chi connectivity index (χ1v) is 9.22. The van der Waals surface area contributed by atoms with Crippen LogP contribution in [0.5, 0.6) is 0 Å². The van der Waals surface area contributed by atoms with Crippen LogP contribution < -0.4 is 0 Å². The summed E-state index contributed by atoms with van der Waals surface area (Å²) in [6.45, 7) is 4.53. The SMILES string of the molecule is C[C@]12CCC(=O)C=C1[C@@H](Cl)C[C@@H]1[C@@H]2CC[C@]2(C)C(=O)CC[C@@H]12. The van der Waals surface area contributed by atoms with Crippen molar-refractivity contribution in [3.8, 4) is 0 Å². The summed E-state index contributed by atoms with van der Waals surface area (Å²) in [5.74, 6) is 2.39. The maximum absolute atomic E-state index is 12.4. The van der Waals surface area contributed by atoms with Crippen molar-refractivity contribution in [1.82, 2.24) is 0 Å². The van der Waals surface area contributed by atoms with E-state index in [9.17, 15) is 9.59 Å². The molecule has 4 aliphatic rings. The Morgan fingerprint density at radius 1 is 1.05 bits per heavy atom. The minimum Gasteiger partial charge on any atom is -0.299 e. The smallest absolute Gasteiger partial charge is 0.155 e. The first-order valence-electron chi connectivity index (χ1n) is 8.78. The highest BCUT2D eigenvalue weighted by atomic mass is 35.5. The van der Waals surface area contributed by atoms with E-state index in [0.717, 1.165) is 38.5 Å². The predicted octanol–water partition coefficient (Wildman–Crippen LogP) is 4.30.